The van der Waals surface area contributed by atoms with Crippen molar-refractivity contribution < 1.29 is 0 Å². The van der Waals surface area contributed by atoms with Gasteiger partial charge in [-0.15, -0.1) is 0 Å². The van der Waals surface area contributed by atoms with E-state index in [4.69, 9.17) is 11.6 Å². The maximum Gasteiger partial charge on any atom is 0.0877 e. The molecule has 0 aliphatic carbocycles. The quantitative estimate of drug-likeness (QED) is 0.771. The molecule has 0 fully saturated rings. The van der Waals surface area contributed by atoms with E-state index < -0.39 is 0 Å². The first-order valence-electron chi connectivity index (χ1n) is 6.81. The fourth-order valence-corrected chi connectivity index (χ4v) is 2.45. The van der Waals surface area contributed by atoms with Gasteiger partial charge in [0.15, 0.2) is 0 Å². The van der Waals surface area contributed by atoms with E-state index in [1.807, 2.05) is 35.1 Å². The van der Waals surface area contributed by atoms with E-state index in [0.29, 0.717) is 5.02 Å². The predicted molar refractivity (Wildman–Crippen MR) is 87.1 cm³/mol. The number of hydrogen-bond acceptors (Lipinski definition) is 2. The number of rotatable bonds is 4. The summed E-state index contributed by atoms with van der Waals surface area (Å²) in [6, 6.07) is 16.1. The second-order valence-electron chi connectivity index (χ2n) is 4.95. The zero-order chi connectivity index (χ0) is 14.7. The van der Waals surface area contributed by atoms with Crippen LogP contribution in [0, 0.1) is 6.92 Å². The monoisotopic (exact) mass is 297 g/mol. The van der Waals surface area contributed by atoms with Crippen LogP contribution in [-0.4, -0.2) is 9.78 Å². The van der Waals surface area contributed by atoms with Crippen LogP contribution >= 0.6 is 11.6 Å². The first-order valence-corrected chi connectivity index (χ1v) is 7.19. The summed E-state index contributed by atoms with van der Waals surface area (Å²) in [5.74, 6) is 0. The number of nitrogens with zero attached hydrogens (tertiary/aromatic N) is 2. The van der Waals surface area contributed by atoms with Crippen molar-refractivity contribution in [1.29, 1.82) is 0 Å². The minimum Gasteiger partial charge on any atom is -0.379 e. The van der Waals surface area contributed by atoms with Crippen LogP contribution in [0.15, 0.2) is 60.9 Å². The molecule has 0 aliphatic rings. The Morgan fingerprint density at radius 3 is 2.81 bits per heavy atom. The van der Waals surface area contributed by atoms with Crippen LogP contribution < -0.4 is 5.32 Å². The highest BCUT2D eigenvalue weighted by Gasteiger charge is 2.06. The van der Waals surface area contributed by atoms with Crippen LogP contribution in [0.25, 0.3) is 5.69 Å². The van der Waals surface area contributed by atoms with Crippen molar-refractivity contribution >= 4 is 17.3 Å². The molecule has 1 aromatic heterocycles. The summed E-state index contributed by atoms with van der Waals surface area (Å²) < 4.78 is 1.83. The lowest BCUT2D eigenvalue weighted by Gasteiger charge is -2.13. The molecule has 1 heterocycles. The highest BCUT2D eigenvalue weighted by molar-refractivity contribution is 6.31. The highest BCUT2D eigenvalue weighted by Crippen LogP contribution is 2.24. The third-order valence-corrected chi connectivity index (χ3v) is 3.51. The van der Waals surface area contributed by atoms with Gasteiger partial charge in [-0.3, -0.25) is 0 Å². The second kappa shape index (κ2) is 6.02. The van der Waals surface area contributed by atoms with Gasteiger partial charge in [-0.05, 0) is 36.8 Å². The molecule has 0 amide bonds. The fourth-order valence-electron chi connectivity index (χ4n) is 2.28. The lowest BCUT2D eigenvalue weighted by molar-refractivity contribution is 0.879. The smallest absolute Gasteiger partial charge is 0.0877 e. The average Bonchev–Trinajstić information content (AvgIpc) is 2.99. The molecule has 21 heavy (non-hydrogen) atoms. The first kappa shape index (κ1) is 13.7. The number of aromatic nitrogens is 2. The number of aryl methyl sites for hydroxylation is 1. The minimum absolute atomic E-state index is 0.706. The maximum atomic E-state index is 6.12. The summed E-state index contributed by atoms with van der Waals surface area (Å²) >= 11 is 6.12. The number of benzene rings is 2. The van der Waals surface area contributed by atoms with Crippen LogP contribution in [0.3, 0.4) is 0 Å². The molecule has 0 bridgehead atoms. The summed E-state index contributed by atoms with van der Waals surface area (Å²) in [5.41, 5.74) is 4.44. The maximum absolute atomic E-state index is 6.12. The normalized spacial score (nSPS) is 10.6. The van der Waals surface area contributed by atoms with Crippen molar-refractivity contribution in [1.82, 2.24) is 9.78 Å². The molecule has 0 spiro atoms. The SMILES string of the molecule is Cc1cccc(CNc2cc(Cl)ccc2-n2cccn2)c1. The molecule has 0 atom stereocenters. The Kier molecular flexibility index (Phi) is 3.93. The van der Waals surface area contributed by atoms with Crippen LogP contribution in [0.5, 0.6) is 0 Å². The third kappa shape index (κ3) is 3.26. The van der Waals surface area contributed by atoms with E-state index in [0.717, 1.165) is 17.9 Å². The zero-order valence-corrected chi connectivity index (χ0v) is 12.5. The summed E-state index contributed by atoms with van der Waals surface area (Å²) in [6.45, 7) is 2.84. The number of halogens is 1. The van der Waals surface area contributed by atoms with Crippen molar-refractivity contribution in [2.45, 2.75) is 13.5 Å². The summed E-state index contributed by atoms with van der Waals surface area (Å²) in [5, 5.41) is 8.43. The van der Waals surface area contributed by atoms with E-state index in [2.05, 4.69) is 41.6 Å². The van der Waals surface area contributed by atoms with E-state index >= 15 is 0 Å². The summed E-state index contributed by atoms with van der Waals surface area (Å²) in [7, 11) is 0. The molecule has 3 nitrogen and oxygen atoms in total. The molecule has 0 aliphatic heterocycles. The molecule has 0 radical (unpaired) electrons. The molecule has 0 unspecified atom stereocenters. The molecule has 3 rings (SSSR count). The van der Waals surface area contributed by atoms with Crippen LogP contribution in [-0.2, 0) is 6.54 Å². The third-order valence-electron chi connectivity index (χ3n) is 3.28. The number of anilines is 1. The lowest BCUT2D eigenvalue weighted by Crippen LogP contribution is -2.05. The van der Waals surface area contributed by atoms with Gasteiger partial charge in [-0.2, -0.15) is 5.10 Å². The van der Waals surface area contributed by atoms with E-state index in [1.54, 1.807) is 6.20 Å². The van der Waals surface area contributed by atoms with Crippen LogP contribution in [0.2, 0.25) is 5.02 Å². The second-order valence-corrected chi connectivity index (χ2v) is 5.39. The van der Waals surface area contributed by atoms with Crippen molar-refractivity contribution in [3.63, 3.8) is 0 Å². The van der Waals surface area contributed by atoms with E-state index in [1.165, 1.54) is 11.1 Å². The molecule has 106 valence electrons. The Labute approximate surface area is 129 Å². The van der Waals surface area contributed by atoms with Crippen molar-refractivity contribution in [3.8, 4) is 5.69 Å². The minimum atomic E-state index is 0.706. The summed E-state index contributed by atoms with van der Waals surface area (Å²) in [6.07, 6.45) is 3.68. The largest absolute Gasteiger partial charge is 0.379 e. The van der Waals surface area contributed by atoms with Gasteiger partial charge in [0.1, 0.15) is 0 Å². The average molecular weight is 298 g/mol. The van der Waals surface area contributed by atoms with E-state index in [-0.39, 0.29) is 0 Å². The Hall–Kier alpha value is -2.26. The highest BCUT2D eigenvalue weighted by atomic mass is 35.5. The predicted octanol–water partition coefficient (Wildman–Crippen LogP) is 4.45. The first-order chi connectivity index (χ1) is 10.2. The van der Waals surface area contributed by atoms with E-state index in [9.17, 15) is 0 Å². The molecule has 4 heteroatoms. The Morgan fingerprint density at radius 1 is 1.14 bits per heavy atom. The molecule has 0 saturated heterocycles. The molecule has 1 N–H and O–H groups in total. The van der Waals surface area contributed by atoms with Gasteiger partial charge in [0.2, 0.25) is 0 Å². The molecular weight excluding hydrogens is 282 g/mol. The van der Waals surface area contributed by atoms with Crippen LogP contribution in [0.4, 0.5) is 5.69 Å². The van der Waals surface area contributed by atoms with Gasteiger partial charge < -0.3 is 5.32 Å². The fraction of sp³-hybridized carbons (Fsp3) is 0.118. The van der Waals surface area contributed by atoms with Gasteiger partial charge >= 0.3 is 0 Å². The van der Waals surface area contributed by atoms with Gasteiger partial charge in [-0.1, -0.05) is 41.4 Å². The Morgan fingerprint density at radius 2 is 2.05 bits per heavy atom. The zero-order valence-electron chi connectivity index (χ0n) is 11.8. The van der Waals surface area contributed by atoms with Crippen molar-refractivity contribution in [2.75, 3.05) is 5.32 Å². The van der Waals surface area contributed by atoms with Gasteiger partial charge in [0.05, 0.1) is 11.4 Å². The van der Waals surface area contributed by atoms with Gasteiger partial charge in [-0.25, -0.2) is 4.68 Å². The molecule has 0 saturated carbocycles. The van der Waals surface area contributed by atoms with Crippen molar-refractivity contribution in [3.05, 3.63) is 77.1 Å². The standard InChI is InChI=1S/C17H16ClN3/c1-13-4-2-5-14(10-13)12-19-16-11-15(18)6-7-17(16)21-9-3-8-20-21/h2-11,19H,12H2,1H3. The molecular formula is C17H16ClN3. The molecule has 3 aromatic rings. The molecule has 2 aromatic carbocycles. The lowest BCUT2D eigenvalue weighted by atomic mass is 10.1. The number of nitrogens with one attached hydrogen (secondary N) is 1. The number of hydrogen-bond donors (Lipinski definition) is 1. The Balaban J connectivity index is 1.86. The van der Waals surface area contributed by atoms with Crippen LogP contribution in [0.1, 0.15) is 11.1 Å². The summed E-state index contributed by atoms with van der Waals surface area (Å²) in [4.78, 5) is 0. The van der Waals surface area contributed by atoms with Gasteiger partial charge in [0, 0.05) is 24.0 Å². The van der Waals surface area contributed by atoms with Gasteiger partial charge in [0.25, 0.3) is 0 Å². The topological polar surface area (TPSA) is 29.9 Å². The Bertz CT molecular complexity index is 736. The van der Waals surface area contributed by atoms with Crippen molar-refractivity contribution in [2.24, 2.45) is 0 Å².